The number of ether oxygens (including phenoxy) is 1. The van der Waals surface area contributed by atoms with Gasteiger partial charge in [0.1, 0.15) is 0 Å². The Morgan fingerprint density at radius 2 is 2.12 bits per heavy atom. The Morgan fingerprint density at radius 1 is 1.36 bits per heavy atom. The zero-order valence-electron chi connectivity index (χ0n) is 14.0. The van der Waals surface area contributed by atoms with Crippen LogP contribution in [0.4, 0.5) is 0 Å². The molecule has 3 rings (SSSR count). The second kappa shape index (κ2) is 7.73. The van der Waals surface area contributed by atoms with Crippen molar-refractivity contribution in [2.24, 2.45) is 11.8 Å². The van der Waals surface area contributed by atoms with Crippen molar-refractivity contribution in [3.63, 3.8) is 0 Å². The van der Waals surface area contributed by atoms with Crippen LogP contribution < -0.4 is 5.46 Å². The molecule has 1 aliphatic heterocycles. The minimum atomic E-state index is -1.02. The van der Waals surface area contributed by atoms with Gasteiger partial charge >= 0.3 is 13.1 Å². The topological polar surface area (TPSA) is 72.8 Å². The molecule has 0 spiro atoms. The first-order valence-corrected chi connectivity index (χ1v) is 8.85. The van der Waals surface area contributed by atoms with E-state index in [2.05, 4.69) is 0 Å². The van der Waals surface area contributed by atoms with E-state index in [-0.39, 0.29) is 36.6 Å². The molecule has 0 amide bonds. The second-order valence-electron chi connectivity index (χ2n) is 6.38. The van der Waals surface area contributed by atoms with E-state index < -0.39 is 7.12 Å². The molecule has 1 aromatic carbocycles. The summed E-state index contributed by atoms with van der Waals surface area (Å²) in [4.78, 5) is 24.9. The summed E-state index contributed by atoms with van der Waals surface area (Å²) in [6.07, 6.45) is 5.41. The number of Topliss-reactive ketones (excluding diaryl/α,β-unsaturated/α-hetero) is 1. The van der Waals surface area contributed by atoms with Gasteiger partial charge < -0.3 is 14.4 Å². The standard InChI is InChI=1S/C18H20BClO5/c1-2-24-18(22)13-6-4-3-5-11(13)8-17(21)14-9-15-12(7-16(14)20)10-25-19(15)23/h3-4,7,9,11,13,23H,2,5-6,8,10H2,1H3. The van der Waals surface area contributed by atoms with Gasteiger partial charge in [-0.3, -0.25) is 9.59 Å². The number of benzene rings is 1. The SMILES string of the molecule is CCOC(=O)C1CC=CCC1CC(=O)c1cc2c(cc1Cl)COB2O. The van der Waals surface area contributed by atoms with Crippen LogP contribution in [0.15, 0.2) is 24.3 Å². The number of rotatable bonds is 5. The maximum Gasteiger partial charge on any atom is 0.491 e. The number of fused-ring (bicyclic) bond motifs is 1. The Labute approximate surface area is 152 Å². The Bertz CT molecular complexity index is 718. The number of hydrogen-bond donors (Lipinski definition) is 1. The summed E-state index contributed by atoms with van der Waals surface area (Å²) >= 11 is 6.25. The van der Waals surface area contributed by atoms with Gasteiger partial charge in [-0.1, -0.05) is 23.8 Å². The lowest BCUT2D eigenvalue weighted by Gasteiger charge is -2.26. The number of halogens is 1. The number of ketones is 1. The van der Waals surface area contributed by atoms with Crippen LogP contribution in [0, 0.1) is 11.8 Å². The number of hydrogen-bond acceptors (Lipinski definition) is 5. The summed E-state index contributed by atoms with van der Waals surface area (Å²) in [5, 5.41) is 10.2. The van der Waals surface area contributed by atoms with Gasteiger partial charge in [-0.05, 0) is 48.8 Å². The van der Waals surface area contributed by atoms with E-state index in [0.29, 0.717) is 35.5 Å². The van der Waals surface area contributed by atoms with Crippen molar-refractivity contribution in [3.8, 4) is 0 Å². The molecule has 1 N–H and O–H groups in total. The fraction of sp³-hybridized carbons (Fsp3) is 0.444. The fourth-order valence-corrected chi connectivity index (χ4v) is 3.73. The van der Waals surface area contributed by atoms with Crippen molar-refractivity contribution in [2.45, 2.75) is 32.8 Å². The molecule has 0 saturated carbocycles. The van der Waals surface area contributed by atoms with Gasteiger partial charge in [-0.15, -0.1) is 0 Å². The summed E-state index contributed by atoms with van der Waals surface area (Å²) < 4.78 is 10.3. The Morgan fingerprint density at radius 3 is 2.88 bits per heavy atom. The molecule has 0 aromatic heterocycles. The first-order chi connectivity index (χ1) is 12.0. The predicted octanol–water partition coefficient (Wildman–Crippen LogP) is 2.28. The van der Waals surface area contributed by atoms with Crippen LogP contribution in [0.25, 0.3) is 0 Å². The molecular formula is C18H20BClO5. The fourth-order valence-electron chi connectivity index (χ4n) is 3.44. The molecule has 0 fully saturated rings. The third-order valence-corrected chi connectivity index (χ3v) is 5.11. The molecule has 0 bridgehead atoms. The molecule has 1 aliphatic carbocycles. The molecule has 1 heterocycles. The first-order valence-electron chi connectivity index (χ1n) is 8.48. The normalized spacial score (nSPS) is 22.0. The van der Waals surface area contributed by atoms with Gasteiger partial charge in [-0.2, -0.15) is 0 Å². The average molecular weight is 363 g/mol. The lowest BCUT2D eigenvalue weighted by Crippen LogP contribution is -2.30. The van der Waals surface area contributed by atoms with E-state index in [1.54, 1.807) is 19.1 Å². The van der Waals surface area contributed by atoms with Crippen LogP contribution in [-0.2, 0) is 20.8 Å². The van der Waals surface area contributed by atoms with Crippen molar-refractivity contribution in [1.29, 1.82) is 0 Å². The molecule has 7 heteroatoms. The van der Waals surface area contributed by atoms with Crippen LogP contribution in [0.2, 0.25) is 5.02 Å². The highest BCUT2D eigenvalue weighted by Crippen LogP contribution is 2.32. The molecular weight excluding hydrogens is 342 g/mol. The lowest BCUT2D eigenvalue weighted by atomic mass is 9.76. The molecule has 0 radical (unpaired) electrons. The minimum absolute atomic E-state index is 0.109. The molecule has 5 nitrogen and oxygen atoms in total. The minimum Gasteiger partial charge on any atom is -0.466 e. The lowest BCUT2D eigenvalue weighted by molar-refractivity contribution is -0.150. The summed E-state index contributed by atoms with van der Waals surface area (Å²) in [5.41, 5.74) is 1.74. The highest BCUT2D eigenvalue weighted by molar-refractivity contribution is 6.61. The van der Waals surface area contributed by atoms with Crippen LogP contribution in [-0.4, -0.2) is 30.5 Å². The average Bonchev–Trinajstić information content (AvgIpc) is 2.94. The number of carbonyl (C=O) groups is 2. The zero-order chi connectivity index (χ0) is 18.0. The number of allylic oxidation sites excluding steroid dienone is 2. The summed E-state index contributed by atoms with van der Waals surface area (Å²) in [5.74, 6) is -0.812. The summed E-state index contributed by atoms with van der Waals surface area (Å²) in [6, 6.07) is 3.28. The Kier molecular flexibility index (Phi) is 5.62. The van der Waals surface area contributed by atoms with Crippen molar-refractivity contribution in [3.05, 3.63) is 40.4 Å². The third kappa shape index (κ3) is 3.81. The van der Waals surface area contributed by atoms with Gasteiger partial charge in [-0.25, -0.2) is 0 Å². The van der Waals surface area contributed by atoms with E-state index in [0.717, 1.165) is 5.56 Å². The Balaban J connectivity index is 1.78. The predicted molar refractivity (Wildman–Crippen MR) is 94.8 cm³/mol. The van der Waals surface area contributed by atoms with Crippen molar-refractivity contribution in [1.82, 2.24) is 0 Å². The van der Waals surface area contributed by atoms with E-state index in [4.69, 9.17) is 21.0 Å². The van der Waals surface area contributed by atoms with Gasteiger partial charge in [0.2, 0.25) is 0 Å². The smallest absolute Gasteiger partial charge is 0.466 e. The molecule has 25 heavy (non-hydrogen) atoms. The van der Waals surface area contributed by atoms with Crippen molar-refractivity contribution >= 4 is 35.9 Å². The first kappa shape index (κ1) is 18.2. The highest BCUT2D eigenvalue weighted by atomic mass is 35.5. The largest absolute Gasteiger partial charge is 0.491 e. The molecule has 0 saturated heterocycles. The summed E-state index contributed by atoms with van der Waals surface area (Å²) in [7, 11) is -1.02. The van der Waals surface area contributed by atoms with Crippen LogP contribution in [0.5, 0.6) is 0 Å². The van der Waals surface area contributed by atoms with Gasteiger partial charge in [0.05, 0.1) is 24.2 Å². The monoisotopic (exact) mass is 362 g/mol. The zero-order valence-corrected chi connectivity index (χ0v) is 14.8. The number of esters is 1. The molecule has 2 aliphatic rings. The van der Waals surface area contributed by atoms with E-state index in [1.807, 2.05) is 12.2 Å². The molecule has 2 unspecified atom stereocenters. The number of carbonyl (C=O) groups excluding carboxylic acids is 2. The van der Waals surface area contributed by atoms with Crippen molar-refractivity contribution in [2.75, 3.05) is 6.61 Å². The molecule has 2 atom stereocenters. The Hall–Kier alpha value is -1.63. The maximum atomic E-state index is 12.8. The van der Waals surface area contributed by atoms with E-state index in [9.17, 15) is 14.6 Å². The third-order valence-electron chi connectivity index (χ3n) is 4.79. The molecule has 132 valence electrons. The van der Waals surface area contributed by atoms with Gasteiger partial charge in [0, 0.05) is 12.0 Å². The van der Waals surface area contributed by atoms with Gasteiger partial charge in [0.15, 0.2) is 5.78 Å². The highest BCUT2D eigenvalue weighted by Gasteiger charge is 2.33. The van der Waals surface area contributed by atoms with E-state index >= 15 is 0 Å². The summed E-state index contributed by atoms with van der Waals surface area (Å²) in [6.45, 7) is 2.38. The van der Waals surface area contributed by atoms with Crippen molar-refractivity contribution < 1.29 is 24.0 Å². The van der Waals surface area contributed by atoms with Gasteiger partial charge in [0.25, 0.3) is 0 Å². The molecule has 1 aromatic rings. The van der Waals surface area contributed by atoms with Crippen LogP contribution >= 0.6 is 11.6 Å². The van der Waals surface area contributed by atoms with E-state index in [1.165, 1.54) is 0 Å². The van der Waals surface area contributed by atoms with Crippen LogP contribution in [0.3, 0.4) is 0 Å². The quantitative estimate of drug-likeness (QED) is 0.376. The maximum absolute atomic E-state index is 12.8. The second-order valence-corrected chi connectivity index (χ2v) is 6.79. The van der Waals surface area contributed by atoms with Crippen LogP contribution in [0.1, 0.15) is 42.1 Å².